The predicted octanol–water partition coefficient (Wildman–Crippen LogP) is 11.4. The standard InChI is InChI=1S/C32H28F20N2O2/c1-55-19-11-15(9-17(21(19)53)13-5-3-6-13)23(33,34)25(37,38)27(41,42)29(45,46)31(49,50)32(51,52)30(47,48)28(43,44)26(39,40)24(35,36)16-10-18(14-7-4-8-14)22(54)20(12-16)56-2/h9-14H,3-8,53-54H2,1-2H3. The molecule has 0 unspecified atom stereocenters. The fraction of sp³-hybridized carbons (Fsp3) is 0.625. The van der Waals surface area contributed by atoms with Gasteiger partial charge in [0, 0.05) is 11.1 Å². The van der Waals surface area contributed by atoms with Gasteiger partial charge in [0.1, 0.15) is 11.5 Å². The van der Waals surface area contributed by atoms with Crippen molar-refractivity contribution in [2.24, 2.45) is 0 Å². The Labute approximate surface area is 302 Å². The molecule has 4 rings (SSSR count). The monoisotopic (exact) mass is 852 g/mol. The third-order valence-electron chi connectivity index (χ3n) is 10.2. The Kier molecular flexibility index (Phi) is 10.8. The lowest BCUT2D eigenvalue weighted by Crippen LogP contribution is -2.76. The van der Waals surface area contributed by atoms with Gasteiger partial charge < -0.3 is 20.9 Å². The summed E-state index contributed by atoms with van der Waals surface area (Å²) in [6.45, 7) is 0. The molecule has 0 heterocycles. The molecular formula is C32H28F20N2O2. The van der Waals surface area contributed by atoms with Gasteiger partial charge in [-0.05, 0) is 72.9 Å². The van der Waals surface area contributed by atoms with Crippen LogP contribution in [0.3, 0.4) is 0 Å². The van der Waals surface area contributed by atoms with E-state index in [4.69, 9.17) is 11.5 Å². The summed E-state index contributed by atoms with van der Waals surface area (Å²) in [5, 5.41) is 0. The molecule has 318 valence electrons. The topological polar surface area (TPSA) is 70.5 Å². The molecule has 2 saturated carbocycles. The molecule has 2 fully saturated rings. The maximum absolute atomic E-state index is 15.2. The van der Waals surface area contributed by atoms with Crippen molar-refractivity contribution in [3.8, 4) is 11.5 Å². The van der Waals surface area contributed by atoms with Crippen LogP contribution < -0.4 is 20.9 Å². The van der Waals surface area contributed by atoms with Gasteiger partial charge in [-0.1, -0.05) is 12.8 Å². The fourth-order valence-corrected chi connectivity index (χ4v) is 6.05. The van der Waals surface area contributed by atoms with Gasteiger partial charge in [0.2, 0.25) is 0 Å². The van der Waals surface area contributed by atoms with Gasteiger partial charge in [0.15, 0.2) is 0 Å². The summed E-state index contributed by atoms with van der Waals surface area (Å²) in [5.41, 5.74) is 4.11. The van der Waals surface area contributed by atoms with E-state index >= 15 is 17.6 Å². The molecule has 0 amide bonds. The van der Waals surface area contributed by atoms with Crippen molar-refractivity contribution >= 4 is 11.4 Å². The largest absolute Gasteiger partial charge is 0.495 e. The summed E-state index contributed by atoms with van der Waals surface area (Å²) in [4.78, 5) is 0. The van der Waals surface area contributed by atoms with Crippen LogP contribution in [0.5, 0.6) is 11.5 Å². The van der Waals surface area contributed by atoms with Crippen molar-refractivity contribution in [1.29, 1.82) is 0 Å². The van der Waals surface area contributed by atoms with E-state index in [0.717, 1.165) is 0 Å². The minimum atomic E-state index is -9.15. The Morgan fingerprint density at radius 3 is 0.839 bits per heavy atom. The molecule has 0 aliphatic heterocycles. The lowest BCUT2D eigenvalue weighted by Gasteiger charge is -2.45. The molecule has 2 aromatic carbocycles. The first-order valence-electron chi connectivity index (χ1n) is 15.9. The summed E-state index contributed by atoms with van der Waals surface area (Å²) in [7, 11) is 1.30. The molecule has 0 radical (unpaired) electrons. The van der Waals surface area contributed by atoms with Crippen LogP contribution in [0.4, 0.5) is 99.2 Å². The van der Waals surface area contributed by atoms with Crippen molar-refractivity contribution in [2.75, 3.05) is 25.7 Å². The van der Waals surface area contributed by atoms with Crippen molar-refractivity contribution < 1.29 is 97.3 Å². The summed E-state index contributed by atoms with van der Waals surface area (Å²) in [5.74, 6) is -87.4. The molecule has 56 heavy (non-hydrogen) atoms. The maximum atomic E-state index is 15.2. The summed E-state index contributed by atoms with van der Waals surface area (Å²) >= 11 is 0. The normalized spacial score (nSPS) is 17.8. The third-order valence-corrected chi connectivity index (χ3v) is 10.2. The number of nitrogen functional groups attached to an aromatic ring is 2. The Morgan fingerprint density at radius 2 is 0.643 bits per heavy atom. The van der Waals surface area contributed by atoms with E-state index in [9.17, 15) is 70.2 Å². The molecule has 4 N–H and O–H groups in total. The molecule has 4 nitrogen and oxygen atoms in total. The zero-order chi connectivity index (χ0) is 43.3. The summed E-state index contributed by atoms with van der Waals surface area (Å²) < 4.78 is 306. The second kappa shape index (κ2) is 13.4. The van der Waals surface area contributed by atoms with E-state index in [-0.39, 0.29) is 49.9 Å². The zero-order valence-electron chi connectivity index (χ0n) is 28.2. The Balaban J connectivity index is 1.80. The van der Waals surface area contributed by atoms with Crippen LogP contribution in [0.25, 0.3) is 0 Å². The quantitative estimate of drug-likeness (QED) is 0.138. The number of anilines is 2. The smallest absolute Gasteiger partial charge is 0.385 e. The number of nitrogens with two attached hydrogens (primary N) is 2. The van der Waals surface area contributed by atoms with Crippen molar-refractivity contribution in [1.82, 2.24) is 0 Å². The number of alkyl halides is 20. The van der Waals surface area contributed by atoms with E-state index in [1.807, 2.05) is 0 Å². The van der Waals surface area contributed by atoms with E-state index in [0.29, 0.717) is 27.1 Å². The number of ether oxygens (including phenoxy) is 2. The zero-order valence-corrected chi connectivity index (χ0v) is 28.2. The van der Waals surface area contributed by atoms with Gasteiger partial charge in [-0.2, -0.15) is 87.8 Å². The minimum Gasteiger partial charge on any atom is -0.495 e. The van der Waals surface area contributed by atoms with Crippen LogP contribution in [0.2, 0.25) is 0 Å². The van der Waals surface area contributed by atoms with Crippen LogP contribution in [-0.2, 0) is 11.8 Å². The van der Waals surface area contributed by atoms with E-state index in [1.165, 1.54) is 0 Å². The minimum absolute atomic E-state index is 0.0840. The van der Waals surface area contributed by atoms with Crippen molar-refractivity contribution in [2.45, 2.75) is 110 Å². The maximum Gasteiger partial charge on any atom is 0.385 e. The second-order valence-electron chi connectivity index (χ2n) is 13.4. The van der Waals surface area contributed by atoms with Crippen LogP contribution in [0.1, 0.15) is 72.6 Å². The van der Waals surface area contributed by atoms with Crippen LogP contribution >= 0.6 is 0 Å². The number of halogens is 20. The van der Waals surface area contributed by atoms with Gasteiger partial charge in [-0.15, -0.1) is 0 Å². The Morgan fingerprint density at radius 1 is 0.411 bits per heavy atom. The highest BCUT2D eigenvalue weighted by atomic mass is 19.4. The molecular weight excluding hydrogens is 824 g/mol. The average molecular weight is 853 g/mol. The van der Waals surface area contributed by atoms with Gasteiger partial charge in [-0.25, -0.2) is 0 Å². The number of hydrogen-bond donors (Lipinski definition) is 2. The molecule has 0 atom stereocenters. The highest BCUT2D eigenvalue weighted by Crippen LogP contribution is 2.68. The number of benzene rings is 2. The fourth-order valence-electron chi connectivity index (χ4n) is 6.05. The average Bonchev–Trinajstić information content (AvgIpc) is 3.03. The van der Waals surface area contributed by atoms with Crippen molar-refractivity contribution in [3.05, 3.63) is 46.5 Å². The molecule has 0 aromatic heterocycles. The van der Waals surface area contributed by atoms with Gasteiger partial charge in [0.05, 0.1) is 25.6 Å². The molecule has 0 spiro atoms. The van der Waals surface area contributed by atoms with Gasteiger partial charge in [0.25, 0.3) is 0 Å². The number of hydrogen-bond acceptors (Lipinski definition) is 4. The lowest BCUT2D eigenvalue weighted by molar-refractivity contribution is -0.470. The number of rotatable bonds is 15. The summed E-state index contributed by atoms with van der Waals surface area (Å²) in [6, 6.07) is -0.733. The van der Waals surface area contributed by atoms with Crippen molar-refractivity contribution in [3.63, 3.8) is 0 Å². The molecule has 2 aromatic rings. The Hall–Kier alpha value is -3.76. The summed E-state index contributed by atoms with van der Waals surface area (Å²) in [6.07, 6.45) is 1.09. The van der Waals surface area contributed by atoms with Gasteiger partial charge >= 0.3 is 59.2 Å². The van der Waals surface area contributed by atoms with E-state index < -0.39 is 116 Å². The van der Waals surface area contributed by atoms with Crippen LogP contribution in [-0.4, -0.2) is 61.6 Å². The molecule has 0 saturated heterocycles. The Bertz CT molecular complexity index is 1680. The molecule has 2 aliphatic rings. The second-order valence-corrected chi connectivity index (χ2v) is 13.4. The number of methoxy groups -OCH3 is 2. The molecule has 2 aliphatic carbocycles. The highest BCUT2D eigenvalue weighted by Gasteiger charge is 2.97. The van der Waals surface area contributed by atoms with Gasteiger partial charge in [-0.3, -0.25) is 0 Å². The van der Waals surface area contributed by atoms with Crippen LogP contribution in [0.15, 0.2) is 24.3 Å². The first-order valence-corrected chi connectivity index (χ1v) is 15.9. The first-order chi connectivity index (χ1) is 25.1. The SMILES string of the molecule is COc1cc(C(F)(F)C(F)(F)C(F)(F)C(F)(F)C(F)(F)C(F)(F)C(F)(F)C(F)(F)C(F)(F)C(F)(F)c2cc(OC)c(N)c(C3CCC3)c2)cc(C2CCC2)c1N. The van der Waals surface area contributed by atoms with E-state index in [2.05, 4.69) is 9.47 Å². The lowest BCUT2D eigenvalue weighted by atomic mass is 9.77. The van der Waals surface area contributed by atoms with E-state index in [1.54, 1.807) is 0 Å². The molecule has 24 heteroatoms. The first kappa shape index (κ1) is 44.9. The highest BCUT2D eigenvalue weighted by molar-refractivity contribution is 5.63. The third kappa shape index (κ3) is 5.77. The van der Waals surface area contributed by atoms with Crippen LogP contribution in [0, 0.1) is 0 Å². The predicted molar refractivity (Wildman–Crippen MR) is 155 cm³/mol. The molecule has 0 bridgehead atoms.